The quantitative estimate of drug-likeness (QED) is 0.705. The van der Waals surface area contributed by atoms with Gasteiger partial charge >= 0.3 is 6.18 Å². The summed E-state index contributed by atoms with van der Waals surface area (Å²) in [4.78, 5) is 11.0. The van der Waals surface area contributed by atoms with E-state index in [1.807, 2.05) is 0 Å². The summed E-state index contributed by atoms with van der Waals surface area (Å²) in [5, 5.41) is 6.59. The summed E-state index contributed by atoms with van der Waals surface area (Å²) in [5.41, 5.74) is -0.165. The van der Waals surface area contributed by atoms with Crippen molar-refractivity contribution in [3.63, 3.8) is 0 Å². The van der Waals surface area contributed by atoms with E-state index in [1.54, 1.807) is 0 Å². The maximum Gasteiger partial charge on any atom is 0.419 e. The number of aromatic amines is 1. The molecule has 8 heteroatoms. The number of rotatable bonds is 4. The molecule has 4 nitrogen and oxygen atoms in total. The molecule has 1 N–H and O–H groups in total. The second-order valence-electron chi connectivity index (χ2n) is 5.47. The number of benzene rings is 2. The van der Waals surface area contributed by atoms with Crippen LogP contribution in [0.4, 0.5) is 13.2 Å². The number of halogens is 4. The Hall–Kier alpha value is -2.80. The molecule has 0 atom stereocenters. The average Bonchev–Trinajstić information content (AvgIpc) is 2.58. The van der Waals surface area contributed by atoms with Gasteiger partial charge in [0.1, 0.15) is 11.5 Å². The van der Waals surface area contributed by atoms with Crippen LogP contribution in [0.5, 0.6) is 11.5 Å². The van der Waals surface area contributed by atoms with Crippen molar-refractivity contribution in [1.29, 1.82) is 0 Å². The molecule has 1 aromatic heterocycles. The summed E-state index contributed by atoms with van der Waals surface area (Å²) < 4.78 is 45.2. The van der Waals surface area contributed by atoms with E-state index in [-0.39, 0.29) is 23.5 Å². The molecule has 3 rings (SSSR count). The first-order valence-electron chi connectivity index (χ1n) is 7.49. The highest BCUT2D eigenvalue weighted by molar-refractivity contribution is 6.30. The zero-order valence-corrected chi connectivity index (χ0v) is 13.9. The smallest absolute Gasteiger partial charge is 0.419 e. The van der Waals surface area contributed by atoms with E-state index in [4.69, 9.17) is 16.3 Å². The minimum atomic E-state index is -4.56. The van der Waals surface area contributed by atoms with Crippen molar-refractivity contribution in [2.24, 2.45) is 0 Å². The zero-order valence-electron chi connectivity index (χ0n) is 13.2. The third-order valence-electron chi connectivity index (χ3n) is 3.51. The second kappa shape index (κ2) is 7.21. The Balaban J connectivity index is 1.94. The molecule has 26 heavy (non-hydrogen) atoms. The standard InChI is InChI=1S/C18H12ClF3N2O2/c19-12-2-5-14(6-3-12)26-16-10-11(1-7-15(16)18(20,21)22)9-13-4-8-17(25)24-23-13/h1-8,10H,9H2,(H,24,25). The van der Waals surface area contributed by atoms with Crippen LogP contribution in [0, 0.1) is 0 Å². The van der Waals surface area contributed by atoms with Crippen molar-refractivity contribution in [3.05, 3.63) is 86.8 Å². The van der Waals surface area contributed by atoms with E-state index in [9.17, 15) is 18.0 Å². The third kappa shape index (κ3) is 4.43. The fourth-order valence-electron chi connectivity index (χ4n) is 2.31. The van der Waals surface area contributed by atoms with Gasteiger partial charge in [0.15, 0.2) is 0 Å². The third-order valence-corrected chi connectivity index (χ3v) is 3.77. The van der Waals surface area contributed by atoms with Crippen LogP contribution in [0.2, 0.25) is 5.02 Å². The molecule has 2 aromatic carbocycles. The van der Waals surface area contributed by atoms with E-state index >= 15 is 0 Å². The van der Waals surface area contributed by atoms with Crippen LogP contribution in [0.15, 0.2) is 59.4 Å². The molecule has 0 amide bonds. The number of alkyl halides is 3. The van der Waals surface area contributed by atoms with E-state index in [0.717, 1.165) is 6.07 Å². The molecule has 134 valence electrons. The minimum Gasteiger partial charge on any atom is -0.457 e. The summed E-state index contributed by atoms with van der Waals surface area (Å²) in [6.07, 6.45) is -4.32. The van der Waals surface area contributed by atoms with Crippen LogP contribution in [0.3, 0.4) is 0 Å². The summed E-state index contributed by atoms with van der Waals surface area (Å²) in [5.74, 6) is -0.0824. The van der Waals surface area contributed by atoms with Crippen molar-refractivity contribution in [3.8, 4) is 11.5 Å². The maximum absolute atomic E-state index is 13.3. The highest BCUT2D eigenvalue weighted by Crippen LogP contribution is 2.39. The lowest BCUT2D eigenvalue weighted by Gasteiger charge is -2.15. The summed E-state index contributed by atoms with van der Waals surface area (Å²) >= 11 is 5.78. The first kappa shape index (κ1) is 18.0. The Morgan fingerprint density at radius 1 is 1.04 bits per heavy atom. The topological polar surface area (TPSA) is 55.0 Å². The van der Waals surface area contributed by atoms with Crippen LogP contribution in [-0.4, -0.2) is 10.2 Å². The van der Waals surface area contributed by atoms with Crippen LogP contribution in [-0.2, 0) is 12.6 Å². The normalized spacial score (nSPS) is 11.4. The molecule has 0 aliphatic carbocycles. The van der Waals surface area contributed by atoms with E-state index in [1.165, 1.54) is 48.5 Å². The van der Waals surface area contributed by atoms with Crippen LogP contribution in [0.1, 0.15) is 16.8 Å². The zero-order chi connectivity index (χ0) is 18.7. The van der Waals surface area contributed by atoms with Gasteiger partial charge in [0.25, 0.3) is 5.56 Å². The molecule has 0 fully saturated rings. The van der Waals surface area contributed by atoms with Crippen molar-refractivity contribution in [1.82, 2.24) is 10.2 Å². The lowest BCUT2D eigenvalue weighted by molar-refractivity contribution is -0.138. The fraction of sp³-hybridized carbons (Fsp3) is 0.111. The number of nitrogens with zero attached hydrogens (tertiary/aromatic N) is 1. The Bertz CT molecular complexity index is 949. The van der Waals surface area contributed by atoms with Gasteiger partial charge in [0, 0.05) is 17.5 Å². The molecule has 0 bridgehead atoms. The predicted molar refractivity (Wildman–Crippen MR) is 90.6 cm³/mol. The predicted octanol–water partition coefficient (Wildman–Crippen LogP) is 4.83. The fourth-order valence-corrected chi connectivity index (χ4v) is 2.43. The number of aromatic nitrogens is 2. The Morgan fingerprint density at radius 3 is 2.38 bits per heavy atom. The Morgan fingerprint density at radius 2 is 1.77 bits per heavy atom. The van der Waals surface area contributed by atoms with Gasteiger partial charge in [-0.1, -0.05) is 17.7 Å². The van der Waals surface area contributed by atoms with Gasteiger partial charge in [-0.25, -0.2) is 5.10 Å². The van der Waals surface area contributed by atoms with Gasteiger partial charge < -0.3 is 4.74 Å². The van der Waals surface area contributed by atoms with E-state index in [2.05, 4.69) is 10.2 Å². The Kier molecular flexibility index (Phi) is 4.99. The van der Waals surface area contributed by atoms with E-state index in [0.29, 0.717) is 16.3 Å². The molecule has 0 aliphatic rings. The lowest BCUT2D eigenvalue weighted by atomic mass is 10.1. The van der Waals surface area contributed by atoms with Gasteiger partial charge in [-0.05, 0) is 48.0 Å². The monoisotopic (exact) mass is 380 g/mol. The first-order chi connectivity index (χ1) is 12.3. The average molecular weight is 381 g/mol. The number of ether oxygens (including phenoxy) is 1. The number of hydrogen-bond donors (Lipinski definition) is 1. The molecule has 0 saturated carbocycles. The molecule has 1 heterocycles. The first-order valence-corrected chi connectivity index (χ1v) is 7.87. The molecular weight excluding hydrogens is 369 g/mol. The second-order valence-corrected chi connectivity index (χ2v) is 5.91. The molecular formula is C18H12ClF3N2O2. The maximum atomic E-state index is 13.3. The minimum absolute atomic E-state index is 0.235. The van der Waals surface area contributed by atoms with Gasteiger partial charge in [-0.3, -0.25) is 4.79 Å². The van der Waals surface area contributed by atoms with E-state index < -0.39 is 11.7 Å². The molecule has 0 spiro atoms. The summed E-state index contributed by atoms with van der Waals surface area (Å²) in [7, 11) is 0. The highest BCUT2D eigenvalue weighted by atomic mass is 35.5. The van der Waals surface area contributed by atoms with Crippen molar-refractivity contribution in [2.75, 3.05) is 0 Å². The Labute approximate surface area is 151 Å². The molecule has 0 radical (unpaired) electrons. The van der Waals surface area contributed by atoms with Crippen molar-refractivity contribution in [2.45, 2.75) is 12.6 Å². The summed E-state index contributed by atoms with van der Waals surface area (Å²) in [6, 6.07) is 12.5. The van der Waals surface area contributed by atoms with Gasteiger partial charge in [-0.15, -0.1) is 0 Å². The molecule has 0 unspecified atom stereocenters. The molecule has 0 aliphatic heterocycles. The summed E-state index contributed by atoms with van der Waals surface area (Å²) in [6.45, 7) is 0. The molecule has 3 aromatic rings. The highest BCUT2D eigenvalue weighted by Gasteiger charge is 2.34. The van der Waals surface area contributed by atoms with Gasteiger partial charge in [0.2, 0.25) is 0 Å². The lowest BCUT2D eigenvalue weighted by Crippen LogP contribution is -2.09. The van der Waals surface area contributed by atoms with Gasteiger partial charge in [0.05, 0.1) is 11.3 Å². The van der Waals surface area contributed by atoms with Gasteiger partial charge in [-0.2, -0.15) is 18.3 Å². The van der Waals surface area contributed by atoms with Crippen molar-refractivity contribution >= 4 is 11.6 Å². The number of hydrogen-bond acceptors (Lipinski definition) is 3. The van der Waals surface area contributed by atoms with Crippen LogP contribution < -0.4 is 10.3 Å². The molecule has 0 saturated heterocycles. The number of nitrogens with one attached hydrogen (secondary N) is 1. The van der Waals surface area contributed by atoms with Crippen LogP contribution >= 0.6 is 11.6 Å². The number of H-pyrrole nitrogens is 1. The van der Waals surface area contributed by atoms with Crippen LogP contribution in [0.25, 0.3) is 0 Å². The largest absolute Gasteiger partial charge is 0.457 e. The van der Waals surface area contributed by atoms with Crippen molar-refractivity contribution < 1.29 is 17.9 Å². The SMILES string of the molecule is O=c1ccc(Cc2ccc(C(F)(F)F)c(Oc3ccc(Cl)cc3)c2)n[nH]1.